The maximum atomic E-state index is 10.6. The second-order valence-electron chi connectivity index (χ2n) is 16.2. The van der Waals surface area contributed by atoms with Crippen LogP contribution in [-0.2, 0) is 33.5 Å². The van der Waals surface area contributed by atoms with E-state index in [4.69, 9.17) is 0 Å². The third kappa shape index (κ3) is 9.96. The Morgan fingerprint density at radius 2 is 1.54 bits per heavy atom. The zero-order chi connectivity index (χ0) is 38.9. The second kappa shape index (κ2) is 19.0. The highest BCUT2D eigenvalue weighted by atomic mass is 16.2. The van der Waals surface area contributed by atoms with Gasteiger partial charge >= 0.3 is 6.03 Å². The van der Waals surface area contributed by atoms with Gasteiger partial charge in [-0.15, -0.1) is 0 Å². The third-order valence-corrected chi connectivity index (χ3v) is 12.5. The number of fused-ring (bicyclic) bond motifs is 4. The molecule has 0 radical (unpaired) electrons. The monoisotopic (exact) mass is 737 g/mol. The van der Waals surface area contributed by atoms with Crippen LogP contribution in [0.3, 0.4) is 0 Å². The van der Waals surface area contributed by atoms with Gasteiger partial charge in [0.15, 0.2) is 0 Å². The number of urea groups is 1. The first kappa shape index (κ1) is 41.1. The van der Waals surface area contributed by atoms with Crippen LogP contribution in [-0.4, -0.2) is 91.7 Å². The minimum Gasteiger partial charge on any atom is -0.350 e. The van der Waals surface area contributed by atoms with Crippen LogP contribution in [0.1, 0.15) is 88.9 Å². The molecule has 0 spiro atoms. The molecule has 0 bridgehead atoms. The van der Waals surface area contributed by atoms with Crippen molar-refractivity contribution < 1.29 is 4.79 Å². The number of hydrogen-bond acceptors (Lipinski definition) is 4. The van der Waals surface area contributed by atoms with Gasteiger partial charge in [0.2, 0.25) is 0 Å². The number of aromatic nitrogens is 4. The van der Waals surface area contributed by atoms with Crippen molar-refractivity contribution in [3.8, 4) is 0 Å². The number of H-pyrrole nitrogens is 1. The summed E-state index contributed by atoms with van der Waals surface area (Å²) >= 11 is 0. The molecule has 3 aromatic heterocycles. The van der Waals surface area contributed by atoms with Crippen LogP contribution in [0.15, 0.2) is 67.1 Å². The highest BCUT2D eigenvalue weighted by Crippen LogP contribution is 2.36. The van der Waals surface area contributed by atoms with E-state index < -0.39 is 0 Å². The lowest BCUT2D eigenvalue weighted by molar-refractivity contribution is 0.0447. The van der Waals surface area contributed by atoms with Crippen molar-refractivity contribution in [3.63, 3.8) is 0 Å². The number of aromatic amines is 1. The number of piperidine rings is 1. The average molecular weight is 737 g/mol. The molecule has 2 saturated heterocycles. The van der Waals surface area contributed by atoms with Crippen LogP contribution < -0.4 is 5.32 Å². The summed E-state index contributed by atoms with van der Waals surface area (Å²) < 4.78 is 4.42. The molecule has 9 rings (SSSR count). The first-order chi connectivity index (χ1) is 25.9. The quantitative estimate of drug-likeness (QED) is 0.181. The Hall–Kier alpha value is -4.08. The van der Waals surface area contributed by atoms with Gasteiger partial charge in [0.1, 0.15) is 0 Å². The van der Waals surface area contributed by atoms with Gasteiger partial charge in [0.05, 0.1) is 17.7 Å². The number of para-hydroxylation sites is 2. The maximum Gasteiger partial charge on any atom is 0.317 e. The van der Waals surface area contributed by atoms with Crippen LogP contribution in [0, 0.1) is 12.8 Å². The number of likely N-dealkylation sites (tertiary alicyclic amines) is 1. The number of hydrogen-bond donors (Lipinski definition) is 2. The average Bonchev–Trinajstić information content (AvgIpc) is 3.93. The Bertz CT molecular complexity index is 1860. The molecule has 1 aliphatic carbocycles. The summed E-state index contributed by atoms with van der Waals surface area (Å²) in [6, 6.07) is 22.0. The van der Waals surface area contributed by atoms with Crippen molar-refractivity contribution in [1.29, 1.82) is 0 Å². The van der Waals surface area contributed by atoms with E-state index in [0.29, 0.717) is 12.1 Å². The lowest BCUT2D eigenvalue weighted by Crippen LogP contribution is -2.48. The molecule has 3 aliphatic heterocycles. The number of nitrogens with zero attached hydrogens (tertiary/aromatic N) is 6. The van der Waals surface area contributed by atoms with E-state index >= 15 is 0 Å². The van der Waals surface area contributed by atoms with E-state index in [2.05, 4.69) is 151 Å². The van der Waals surface area contributed by atoms with Crippen LogP contribution in [0.4, 0.5) is 4.79 Å². The maximum absolute atomic E-state index is 10.6. The standard InChI is InChI=1S/C11H21N.C11H13N.C10H11N.C8H13N3.C5H10N2O/c1-9-7-8-10-5-3-4-6-11(10)12(9)2;1-3-10-8-9-6-4-5-7-11(9)12(10)2;1-8-7-11(2)10-6-4-3-5-9(8)10;1-6-3-7-8(4-11(6)2)10-5-9-7;1-4-3-6-5(8)7(4)2/h9-11H,3-8H2,1-2H3;4-8H,3H2,1-2H3;3-7H,1-2H3;5-6H,3-4H2,1-2H3,(H,9,10);4H,3H2,1-2H3,(H,6,8). The van der Waals surface area contributed by atoms with E-state index in [1.165, 1.54) is 83.0 Å². The van der Waals surface area contributed by atoms with Gasteiger partial charge in [-0.05, 0) is 109 Å². The molecule has 2 N–H and O–H groups in total. The normalized spacial score (nSPS) is 23.7. The Morgan fingerprint density at radius 1 is 0.833 bits per heavy atom. The van der Waals surface area contributed by atoms with Crippen LogP contribution in [0.2, 0.25) is 0 Å². The van der Waals surface area contributed by atoms with Crippen molar-refractivity contribution in [2.45, 2.75) is 117 Å². The van der Waals surface area contributed by atoms with Crippen molar-refractivity contribution in [2.75, 3.05) is 27.7 Å². The number of nitrogens with one attached hydrogen (secondary N) is 2. The van der Waals surface area contributed by atoms with Crippen LogP contribution >= 0.6 is 0 Å². The number of likely N-dealkylation sites (N-methyl/N-ethyl adjacent to an activating group) is 2. The molecule has 6 heterocycles. The largest absolute Gasteiger partial charge is 0.350 e. The van der Waals surface area contributed by atoms with Crippen molar-refractivity contribution in [3.05, 3.63) is 89.8 Å². The molecule has 2 aromatic carbocycles. The SMILES string of the molecule is CC1CCC2CCCCC2N1C.CC1CNC(=O)N1C.CC1Cc2nc[nH]c2CN1C.CCc1cc2ccccc2n1C.Cc1cn(C)c2ccccc12. The van der Waals surface area contributed by atoms with Gasteiger partial charge in [0.25, 0.3) is 0 Å². The van der Waals surface area contributed by atoms with Gasteiger partial charge < -0.3 is 29.2 Å². The summed E-state index contributed by atoms with van der Waals surface area (Å²) in [5.74, 6) is 1.04. The molecule has 2 amide bonds. The van der Waals surface area contributed by atoms with E-state index in [1.807, 2.05) is 6.92 Å². The molecular weight excluding hydrogens is 669 g/mol. The fraction of sp³-hybridized carbons (Fsp3) is 0.556. The summed E-state index contributed by atoms with van der Waals surface area (Å²) in [5.41, 5.74) is 7.92. The predicted octanol–water partition coefficient (Wildman–Crippen LogP) is 8.70. The van der Waals surface area contributed by atoms with Gasteiger partial charge in [-0.2, -0.15) is 0 Å². The number of imidazole rings is 1. The summed E-state index contributed by atoms with van der Waals surface area (Å²) in [7, 11) is 10.5. The number of benzene rings is 2. The summed E-state index contributed by atoms with van der Waals surface area (Å²) in [4.78, 5) is 24.7. The number of amides is 2. The minimum atomic E-state index is 0.0394. The first-order valence-corrected chi connectivity index (χ1v) is 20.4. The molecule has 9 heteroatoms. The molecular formula is C45H68N8O. The summed E-state index contributed by atoms with van der Waals surface area (Å²) in [5, 5.41) is 5.41. The van der Waals surface area contributed by atoms with Gasteiger partial charge in [-0.25, -0.2) is 9.78 Å². The molecule has 1 saturated carbocycles. The number of carbonyl (C=O) groups is 1. The Balaban J connectivity index is 0.000000131. The number of rotatable bonds is 1. The lowest BCUT2D eigenvalue weighted by Gasteiger charge is -2.45. The molecule has 54 heavy (non-hydrogen) atoms. The second-order valence-corrected chi connectivity index (χ2v) is 16.2. The number of aryl methyl sites for hydroxylation is 4. The Labute approximate surface area is 325 Å². The lowest BCUT2D eigenvalue weighted by atomic mass is 9.77. The summed E-state index contributed by atoms with van der Waals surface area (Å²) in [6.45, 7) is 12.8. The van der Waals surface area contributed by atoms with E-state index in [0.717, 1.165) is 43.9 Å². The smallest absolute Gasteiger partial charge is 0.317 e. The highest BCUT2D eigenvalue weighted by molar-refractivity contribution is 5.83. The number of carbonyl (C=O) groups excluding carboxylic acids is 1. The molecule has 3 fully saturated rings. The van der Waals surface area contributed by atoms with E-state index in [-0.39, 0.29) is 6.03 Å². The Kier molecular flexibility index (Phi) is 14.4. The highest BCUT2D eigenvalue weighted by Gasteiger charge is 2.34. The van der Waals surface area contributed by atoms with Gasteiger partial charge in [0, 0.05) is 93.1 Å². The molecule has 294 valence electrons. The topological polar surface area (TPSA) is 77.4 Å². The van der Waals surface area contributed by atoms with Gasteiger partial charge in [-0.3, -0.25) is 4.90 Å². The molecule has 9 nitrogen and oxygen atoms in total. The van der Waals surface area contributed by atoms with E-state index in [9.17, 15) is 4.79 Å². The predicted molar refractivity (Wildman–Crippen MR) is 226 cm³/mol. The van der Waals surface area contributed by atoms with Crippen molar-refractivity contribution in [1.82, 2.24) is 39.1 Å². The zero-order valence-electron chi connectivity index (χ0n) is 34.9. The third-order valence-electron chi connectivity index (χ3n) is 12.5. The van der Waals surface area contributed by atoms with Crippen LogP contribution in [0.5, 0.6) is 0 Å². The molecule has 5 unspecified atom stereocenters. The Morgan fingerprint density at radius 3 is 2.19 bits per heavy atom. The molecule has 4 aliphatic rings. The van der Waals surface area contributed by atoms with Crippen LogP contribution in [0.25, 0.3) is 21.8 Å². The first-order valence-electron chi connectivity index (χ1n) is 20.4. The fourth-order valence-electron chi connectivity index (χ4n) is 8.48. The molecule has 5 atom stereocenters. The van der Waals surface area contributed by atoms with E-state index in [1.54, 1.807) is 18.3 Å². The zero-order valence-corrected chi connectivity index (χ0v) is 34.9. The molecule has 5 aromatic rings. The fourth-order valence-corrected chi connectivity index (χ4v) is 8.48. The van der Waals surface area contributed by atoms with Gasteiger partial charge in [-0.1, -0.05) is 56.2 Å². The minimum absolute atomic E-state index is 0.0394. The summed E-state index contributed by atoms with van der Waals surface area (Å²) in [6.07, 6.45) is 15.0. The van der Waals surface area contributed by atoms with Crippen molar-refractivity contribution >= 4 is 27.8 Å². The van der Waals surface area contributed by atoms with Crippen molar-refractivity contribution in [2.24, 2.45) is 20.0 Å².